The zero-order chi connectivity index (χ0) is 12.8. The molecule has 2 aromatic rings. The summed E-state index contributed by atoms with van der Waals surface area (Å²) in [5.41, 5.74) is 0. The van der Waals surface area contributed by atoms with Crippen LogP contribution in [0.1, 0.15) is 24.5 Å². The monoisotopic (exact) mass is 266 g/mol. The number of hydrogen-bond donors (Lipinski definition) is 0. The van der Waals surface area contributed by atoms with E-state index in [1.165, 1.54) is 0 Å². The van der Waals surface area contributed by atoms with E-state index in [2.05, 4.69) is 15.5 Å². The van der Waals surface area contributed by atoms with Crippen LogP contribution < -0.4 is 4.74 Å². The van der Waals surface area contributed by atoms with Crippen molar-refractivity contribution in [3.63, 3.8) is 0 Å². The molecule has 0 radical (unpaired) electrons. The summed E-state index contributed by atoms with van der Waals surface area (Å²) in [5, 5.41) is 11.2. The van der Waals surface area contributed by atoms with Gasteiger partial charge in [-0.3, -0.25) is 0 Å². The number of hydrogen-bond acceptors (Lipinski definition) is 4. The largest absolute Gasteiger partial charge is 0.494 e. The minimum Gasteiger partial charge on any atom is -0.494 e. The summed E-state index contributed by atoms with van der Waals surface area (Å²) in [6.07, 6.45) is 0.830. The Kier molecular flexibility index (Phi) is 4.52. The molecule has 0 amide bonds. The first-order valence-corrected chi connectivity index (χ1v) is 6.29. The van der Waals surface area contributed by atoms with Crippen molar-refractivity contribution in [2.45, 2.75) is 25.3 Å². The summed E-state index contributed by atoms with van der Waals surface area (Å²) in [7, 11) is 0. The molecule has 1 aromatic carbocycles. The highest BCUT2D eigenvalue weighted by molar-refractivity contribution is 6.20. The Balaban J connectivity index is 1.77. The highest BCUT2D eigenvalue weighted by atomic mass is 35.5. The van der Waals surface area contributed by atoms with Crippen LogP contribution in [-0.4, -0.2) is 26.8 Å². The first-order chi connectivity index (χ1) is 8.77. The van der Waals surface area contributed by atoms with E-state index >= 15 is 0 Å². The van der Waals surface area contributed by atoms with Crippen molar-refractivity contribution >= 4 is 11.6 Å². The molecular weight excluding hydrogens is 252 g/mol. The molecule has 0 saturated carbocycles. The Bertz CT molecular complexity index is 472. The fourth-order valence-corrected chi connectivity index (χ4v) is 1.73. The molecule has 1 unspecified atom stereocenters. The van der Waals surface area contributed by atoms with Gasteiger partial charge in [0.2, 0.25) is 0 Å². The average molecular weight is 267 g/mol. The van der Waals surface area contributed by atoms with Crippen LogP contribution in [-0.2, 0) is 6.54 Å². The topological polar surface area (TPSA) is 52.8 Å². The van der Waals surface area contributed by atoms with Gasteiger partial charge in [0.1, 0.15) is 5.75 Å². The van der Waals surface area contributed by atoms with Gasteiger partial charge in [0, 0.05) is 13.0 Å². The van der Waals surface area contributed by atoms with Crippen molar-refractivity contribution < 1.29 is 4.74 Å². The zero-order valence-electron chi connectivity index (χ0n) is 10.2. The van der Waals surface area contributed by atoms with Crippen LogP contribution in [0.2, 0.25) is 0 Å². The molecule has 0 fully saturated rings. The second kappa shape index (κ2) is 6.35. The standard InChI is InChI=1S/C12H15ClN4O/c1-10(13)12-14-15-16-17(12)8-5-9-18-11-6-3-2-4-7-11/h2-4,6-7,10H,5,8-9H2,1H3. The lowest BCUT2D eigenvalue weighted by Gasteiger charge is -2.07. The molecule has 1 heterocycles. The third kappa shape index (κ3) is 3.43. The highest BCUT2D eigenvalue weighted by Gasteiger charge is 2.10. The van der Waals surface area contributed by atoms with Gasteiger partial charge in [-0.25, -0.2) is 4.68 Å². The number of rotatable bonds is 6. The second-order valence-corrected chi connectivity index (χ2v) is 4.55. The van der Waals surface area contributed by atoms with Crippen LogP contribution in [0.5, 0.6) is 5.75 Å². The summed E-state index contributed by atoms with van der Waals surface area (Å²) in [4.78, 5) is 0. The Morgan fingerprint density at radius 2 is 2.11 bits per heavy atom. The number of para-hydroxylation sites is 1. The quantitative estimate of drug-likeness (QED) is 0.595. The minimum absolute atomic E-state index is 0.185. The van der Waals surface area contributed by atoms with E-state index in [-0.39, 0.29) is 5.38 Å². The molecule has 0 saturated heterocycles. The lowest BCUT2D eigenvalue weighted by atomic mass is 10.3. The molecule has 5 nitrogen and oxygen atoms in total. The molecule has 1 aromatic heterocycles. The van der Waals surface area contributed by atoms with E-state index in [1.807, 2.05) is 37.3 Å². The minimum atomic E-state index is -0.185. The predicted molar refractivity (Wildman–Crippen MR) is 68.6 cm³/mol. The molecule has 6 heteroatoms. The lowest BCUT2D eigenvalue weighted by molar-refractivity contribution is 0.297. The maximum atomic E-state index is 5.96. The molecule has 0 N–H and O–H groups in total. The zero-order valence-corrected chi connectivity index (χ0v) is 10.9. The third-order valence-electron chi connectivity index (χ3n) is 2.44. The number of alkyl halides is 1. The van der Waals surface area contributed by atoms with Crippen LogP contribution in [0.25, 0.3) is 0 Å². The van der Waals surface area contributed by atoms with Crippen molar-refractivity contribution in [1.82, 2.24) is 20.2 Å². The maximum absolute atomic E-state index is 5.96. The third-order valence-corrected chi connectivity index (χ3v) is 2.64. The van der Waals surface area contributed by atoms with Crippen LogP contribution in [0.3, 0.4) is 0 Å². The van der Waals surface area contributed by atoms with Gasteiger partial charge in [-0.15, -0.1) is 16.7 Å². The van der Waals surface area contributed by atoms with Crippen molar-refractivity contribution in [2.24, 2.45) is 0 Å². The van der Waals surface area contributed by atoms with Gasteiger partial charge in [-0.05, 0) is 29.5 Å². The van der Waals surface area contributed by atoms with Crippen LogP contribution >= 0.6 is 11.6 Å². The number of aryl methyl sites for hydroxylation is 1. The molecule has 1 atom stereocenters. The summed E-state index contributed by atoms with van der Waals surface area (Å²) in [5.74, 6) is 1.57. The van der Waals surface area contributed by atoms with Crippen molar-refractivity contribution in [3.8, 4) is 5.75 Å². The SMILES string of the molecule is CC(Cl)c1nnnn1CCCOc1ccccc1. The number of tetrazole rings is 1. The molecule has 0 bridgehead atoms. The Hall–Kier alpha value is -1.62. The van der Waals surface area contributed by atoms with Crippen LogP contribution in [0, 0.1) is 0 Å². The van der Waals surface area contributed by atoms with Gasteiger partial charge in [-0.2, -0.15) is 0 Å². The normalized spacial score (nSPS) is 12.3. The summed E-state index contributed by atoms with van der Waals surface area (Å²) in [6, 6.07) is 9.72. The van der Waals surface area contributed by atoms with Crippen molar-refractivity contribution in [2.75, 3.05) is 6.61 Å². The Morgan fingerprint density at radius 1 is 1.33 bits per heavy atom. The molecule has 0 spiro atoms. The van der Waals surface area contributed by atoms with Gasteiger partial charge < -0.3 is 4.74 Å². The number of benzene rings is 1. The van der Waals surface area contributed by atoms with E-state index in [1.54, 1.807) is 4.68 Å². The van der Waals surface area contributed by atoms with Gasteiger partial charge >= 0.3 is 0 Å². The van der Waals surface area contributed by atoms with E-state index < -0.39 is 0 Å². The summed E-state index contributed by atoms with van der Waals surface area (Å²) >= 11 is 5.96. The van der Waals surface area contributed by atoms with E-state index in [0.29, 0.717) is 19.0 Å². The van der Waals surface area contributed by atoms with Crippen molar-refractivity contribution in [3.05, 3.63) is 36.2 Å². The van der Waals surface area contributed by atoms with Crippen LogP contribution in [0.4, 0.5) is 0 Å². The van der Waals surface area contributed by atoms with Gasteiger partial charge in [-0.1, -0.05) is 18.2 Å². The maximum Gasteiger partial charge on any atom is 0.168 e. The van der Waals surface area contributed by atoms with E-state index in [9.17, 15) is 0 Å². The first kappa shape index (κ1) is 12.8. The fourth-order valence-electron chi connectivity index (χ4n) is 1.58. The first-order valence-electron chi connectivity index (χ1n) is 5.85. The molecule has 0 aliphatic carbocycles. The van der Waals surface area contributed by atoms with Gasteiger partial charge in [0.05, 0.1) is 12.0 Å². The van der Waals surface area contributed by atoms with E-state index in [4.69, 9.17) is 16.3 Å². The number of aromatic nitrogens is 4. The second-order valence-electron chi connectivity index (χ2n) is 3.89. The predicted octanol–water partition coefficient (Wildman–Crippen LogP) is 2.44. The number of ether oxygens (including phenoxy) is 1. The molecule has 96 valence electrons. The molecule has 18 heavy (non-hydrogen) atoms. The number of halogens is 1. The average Bonchev–Trinajstić information content (AvgIpc) is 2.84. The molecule has 0 aliphatic rings. The Morgan fingerprint density at radius 3 is 2.83 bits per heavy atom. The van der Waals surface area contributed by atoms with Crippen molar-refractivity contribution in [1.29, 1.82) is 0 Å². The fraction of sp³-hybridized carbons (Fsp3) is 0.417. The van der Waals surface area contributed by atoms with Crippen LogP contribution in [0.15, 0.2) is 30.3 Å². The molecule has 0 aliphatic heterocycles. The van der Waals surface area contributed by atoms with Gasteiger partial charge in [0.25, 0.3) is 0 Å². The summed E-state index contributed by atoms with van der Waals surface area (Å²) < 4.78 is 7.30. The van der Waals surface area contributed by atoms with E-state index in [0.717, 1.165) is 12.2 Å². The lowest BCUT2D eigenvalue weighted by Crippen LogP contribution is -2.09. The smallest absolute Gasteiger partial charge is 0.168 e. The molecule has 2 rings (SSSR count). The molecular formula is C12H15ClN4O. The number of nitrogens with zero attached hydrogens (tertiary/aromatic N) is 4. The van der Waals surface area contributed by atoms with Gasteiger partial charge in [0.15, 0.2) is 5.82 Å². The Labute approximate surface area is 111 Å². The highest BCUT2D eigenvalue weighted by Crippen LogP contribution is 2.15. The summed E-state index contributed by atoms with van der Waals surface area (Å²) in [6.45, 7) is 3.18.